The smallest absolute Gasteiger partial charge is 0.267 e. The second-order valence-electron chi connectivity index (χ2n) is 8.42. The minimum Gasteiger partial charge on any atom is -0.350 e. The fourth-order valence-electron chi connectivity index (χ4n) is 4.09. The third-order valence-corrected chi connectivity index (χ3v) is 5.82. The SMILES string of the molecule is O=C(/C=C/c1cccc(Cc2nc3ccc(-c4ccccc4)cc3[nH]2)c1)NOC1CCCCO1. The second kappa shape index (κ2) is 10.5. The summed E-state index contributed by atoms with van der Waals surface area (Å²) in [6, 6.07) is 24.7. The van der Waals surface area contributed by atoms with Crippen molar-refractivity contribution in [1.29, 1.82) is 0 Å². The number of hydrogen-bond donors (Lipinski definition) is 2. The first-order valence-electron chi connectivity index (χ1n) is 11.6. The lowest BCUT2D eigenvalue weighted by atomic mass is 10.1. The zero-order valence-electron chi connectivity index (χ0n) is 18.9. The van der Waals surface area contributed by atoms with Crippen molar-refractivity contribution in [3.8, 4) is 11.1 Å². The van der Waals surface area contributed by atoms with Crippen LogP contribution >= 0.6 is 0 Å². The molecule has 0 saturated carbocycles. The minimum absolute atomic E-state index is 0.314. The molecule has 1 unspecified atom stereocenters. The number of hydrogen-bond acceptors (Lipinski definition) is 4. The Bertz CT molecular complexity index is 1290. The number of nitrogens with one attached hydrogen (secondary N) is 2. The van der Waals surface area contributed by atoms with E-state index < -0.39 is 0 Å². The summed E-state index contributed by atoms with van der Waals surface area (Å²) in [6.45, 7) is 0.669. The zero-order chi connectivity index (χ0) is 23.2. The Morgan fingerprint density at radius 2 is 1.97 bits per heavy atom. The molecule has 4 aromatic rings. The highest BCUT2D eigenvalue weighted by Gasteiger charge is 2.15. The van der Waals surface area contributed by atoms with Crippen LogP contribution in [0.15, 0.2) is 78.9 Å². The molecular weight excluding hydrogens is 426 g/mol. The molecular formula is C28H27N3O3. The van der Waals surface area contributed by atoms with Crippen LogP contribution < -0.4 is 5.48 Å². The second-order valence-corrected chi connectivity index (χ2v) is 8.42. The van der Waals surface area contributed by atoms with E-state index in [1.807, 2.05) is 30.3 Å². The number of nitrogens with zero attached hydrogens (tertiary/aromatic N) is 1. The number of aromatic amines is 1. The van der Waals surface area contributed by atoms with Gasteiger partial charge in [-0.05, 0) is 53.3 Å². The average molecular weight is 454 g/mol. The normalized spacial score (nSPS) is 16.2. The van der Waals surface area contributed by atoms with Gasteiger partial charge in [-0.1, -0.05) is 60.7 Å². The van der Waals surface area contributed by atoms with Gasteiger partial charge in [0, 0.05) is 25.5 Å². The number of carbonyl (C=O) groups excluding carboxylic acids is 1. The summed E-state index contributed by atoms with van der Waals surface area (Å²) in [7, 11) is 0. The monoisotopic (exact) mass is 453 g/mol. The third kappa shape index (κ3) is 5.60. The van der Waals surface area contributed by atoms with Gasteiger partial charge in [-0.3, -0.25) is 4.79 Å². The summed E-state index contributed by atoms with van der Waals surface area (Å²) < 4.78 is 5.44. The van der Waals surface area contributed by atoms with Crippen molar-refractivity contribution >= 4 is 23.0 Å². The van der Waals surface area contributed by atoms with E-state index in [-0.39, 0.29) is 12.2 Å². The van der Waals surface area contributed by atoms with Crippen LogP contribution in [-0.2, 0) is 20.8 Å². The first-order valence-corrected chi connectivity index (χ1v) is 11.6. The van der Waals surface area contributed by atoms with Crippen molar-refractivity contribution in [2.24, 2.45) is 0 Å². The Hall–Kier alpha value is -3.74. The Balaban J connectivity index is 1.22. The lowest BCUT2D eigenvalue weighted by Gasteiger charge is -2.21. The van der Waals surface area contributed by atoms with Gasteiger partial charge in [-0.15, -0.1) is 0 Å². The molecule has 2 heterocycles. The van der Waals surface area contributed by atoms with Crippen LogP contribution in [0.2, 0.25) is 0 Å². The van der Waals surface area contributed by atoms with E-state index in [0.717, 1.165) is 52.8 Å². The van der Waals surface area contributed by atoms with Gasteiger partial charge in [0.1, 0.15) is 5.82 Å². The number of fused-ring (bicyclic) bond motifs is 1. The predicted octanol–water partition coefficient (Wildman–Crippen LogP) is 5.41. The number of rotatable bonds is 7. The van der Waals surface area contributed by atoms with Crippen molar-refractivity contribution in [2.45, 2.75) is 32.0 Å². The van der Waals surface area contributed by atoms with Crippen LogP contribution in [0.3, 0.4) is 0 Å². The highest BCUT2D eigenvalue weighted by atomic mass is 16.8. The van der Waals surface area contributed by atoms with Crippen LogP contribution in [0.1, 0.15) is 36.2 Å². The van der Waals surface area contributed by atoms with E-state index in [1.165, 1.54) is 11.6 Å². The molecule has 6 nitrogen and oxygen atoms in total. The number of carbonyl (C=O) groups is 1. The summed E-state index contributed by atoms with van der Waals surface area (Å²) in [4.78, 5) is 25.6. The van der Waals surface area contributed by atoms with E-state index in [4.69, 9.17) is 14.6 Å². The Labute approximate surface area is 198 Å². The van der Waals surface area contributed by atoms with Gasteiger partial charge < -0.3 is 9.72 Å². The maximum absolute atomic E-state index is 12.1. The molecule has 1 aliphatic heterocycles. The molecule has 5 rings (SSSR count). The number of hydroxylamine groups is 1. The summed E-state index contributed by atoms with van der Waals surface area (Å²) in [5.41, 5.74) is 8.79. The van der Waals surface area contributed by atoms with E-state index in [2.05, 4.69) is 52.9 Å². The molecule has 0 bridgehead atoms. The van der Waals surface area contributed by atoms with E-state index >= 15 is 0 Å². The van der Waals surface area contributed by atoms with Crippen molar-refractivity contribution in [3.05, 3.63) is 95.8 Å². The molecule has 0 radical (unpaired) electrons. The van der Waals surface area contributed by atoms with Crippen molar-refractivity contribution in [1.82, 2.24) is 15.4 Å². The summed E-state index contributed by atoms with van der Waals surface area (Å²) in [5, 5.41) is 0. The Kier molecular flexibility index (Phi) is 6.79. The maximum Gasteiger partial charge on any atom is 0.267 e. The van der Waals surface area contributed by atoms with Crippen molar-refractivity contribution in [2.75, 3.05) is 6.61 Å². The van der Waals surface area contributed by atoms with E-state index in [0.29, 0.717) is 13.0 Å². The minimum atomic E-state index is -0.359. The molecule has 1 amide bonds. The molecule has 1 atom stereocenters. The molecule has 172 valence electrons. The van der Waals surface area contributed by atoms with Crippen LogP contribution in [-0.4, -0.2) is 28.8 Å². The molecule has 2 N–H and O–H groups in total. The largest absolute Gasteiger partial charge is 0.350 e. The maximum atomic E-state index is 12.1. The van der Waals surface area contributed by atoms with Crippen molar-refractivity contribution < 1.29 is 14.4 Å². The molecule has 34 heavy (non-hydrogen) atoms. The highest BCUT2D eigenvalue weighted by Crippen LogP contribution is 2.24. The Morgan fingerprint density at radius 1 is 1.06 bits per heavy atom. The summed E-state index contributed by atoms with van der Waals surface area (Å²) in [5.74, 6) is 0.589. The summed E-state index contributed by atoms with van der Waals surface area (Å²) in [6.07, 6.45) is 6.42. The standard InChI is InChI=1S/C28H27N3O3/c32-27(31-34-28-11-4-5-16-33-28)15-12-20-7-6-8-21(17-20)18-26-29-24-14-13-23(19-25(24)30-26)22-9-2-1-3-10-22/h1-3,6-10,12-15,17,19,28H,4-5,11,16,18H2,(H,29,30)(H,31,32)/b15-12+. The van der Waals surface area contributed by atoms with Crippen LogP contribution in [0.5, 0.6) is 0 Å². The van der Waals surface area contributed by atoms with Gasteiger partial charge in [0.2, 0.25) is 0 Å². The van der Waals surface area contributed by atoms with Gasteiger partial charge in [0.05, 0.1) is 11.0 Å². The third-order valence-electron chi connectivity index (χ3n) is 5.82. The van der Waals surface area contributed by atoms with Crippen LogP contribution in [0.25, 0.3) is 28.2 Å². The quantitative estimate of drug-likeness (QED) is 0.290. The van der Waals surface area contributed by atoms with Gasteiger partial charge in [0.15, 0.2) is 6.29 Å². The first kappa shape index (κ1) is 22.1. The van der Waals surface area contributed by atoms with E-state index in [9.17, 15) is 4.79 Å². The fraction of sp³-hybridized carbons (Fsp3) is 0.214. The lowest BCUT2D eigenvalue weighted by molar-refractivity contribution is -0.198. The molecule has 6 heteroatoms. The molecule has 1 saturated heterocycles. The van der Waals surface area contributed by atoms with Crippen molar-refractivity contribution in [3.63, 3.8) is 0 Å². The Morgan fingerprint density at radius 3 is 2.82 bits per heavy atom. The van der Waals surface area contributed by atoms with Crippen LogP contribution in [0.4, 0.5) is 0 Å². The number of imidazole rings is 1. The van der Waals surface area contributed by atoms with Gasteiger partial charge in [-0.2, -0.15) is 0 Å². The van der Waals surface area contributed by atoms with Gasteiger partial charge in [0.25, 0.3) is 5.91 Å². The number of H-pyrrole nitrogens is 1. The number of aromatic nitrogens is 2. The average Bonchev–Trinajstić information content (AvgIpc) is 3.29. The van der Waals surface area contributed by atoms with Gasteiger partial charge >= 0.3 is 0 Å². The number of benzene rings is 3. The summed E-state index contributed by atoms with van der Waals surface area (Å²) >= 11 is 0. The first-order chi connectivity index (χ1) is 16.7. The fourth-order valence-corrected chi connectivity index (χ4v) is 4.09. The molecule has 1 aromatic heterocycles. The van der Waals surface area contributed by atoms with Crippen LogP contribution in [0, 0.1) is 0 Å². The highest BCUT2D eigenvalue weighted by molar-refractivity contribution is 5.91. The lowest BCUT2D eigenvalue weighted by Crippen LogP contribution is -2.32. The molecule has 1 fully saturated rings. The number of ether oxygens (including phenoxy) is 1. The molecule has 0 spiro atoms. The topological polar surface area (TPSA) is 76.2 Å². The molecule has 3 aromatic carbocycles. The predicted molar refractivity (Wildman–Crippen MR) is 133 cm³/mol. The van der Waals surface area contributed by atoms with Gasteiger partial charge in [-0.25, -0.2) is 15.3 Å². The molecule has 0 aliphatic carbocycles. The molecule has 1 aliphatic rings. The number of amides is 1. The van der Waals surface area contributed by atoms with E-state index in [1.54, 1.807) is 6.08 Å². The zero-order valence-corrected chi connectivity index (χ0v) is 18.9.